The molecule has 1 N–H and O–H groups in total. The lowest BCUT2D eigenvalue weighted by molar-refractivity contribution is -0.137. The average Bonchev–Trinajstić information content (AvgIpc) is 2.85. The first-order chi connectivity index (χ1) is 15.6. The van der Waals surface area contributed by atoms with Gasteiger partial charge >= 0.3 is 0 Å². The number of likely N-dealkylation sites (tertiary alicyclic amines) is 1. The van der Waals surface area contributed by atoms with Crippen LogP contribution in [0.4, 0.5) is 11.5 Å². The number of piperidine rings is 2. The molecule has 170 valence electrons. The minimum Gasteiger partial charge on any atom is -0.355 e. The van der Waals surface area contributed by atoms with Gasteiger partial charge in [0.2, 0.25) is 11.8 Å². The van der Waals surface area contributed by atoms with Gasteiger partial charge in [-0.1, -0.05) is 35.5 Å². The second-order valence-electron chi connectivity index (χ2n) is 8.19. The topological polar surface area (TPSA) is 78.4 Å². The molecule has 1 aromatic carbocycles. The number of aromatic nitrogens is 2. The molecule has 2 amide bonds. The fourth-order valence-electron chi connectivity index (χ4n) is 4.18. The molecule has 0 radical (unpaired) electrons. The third-order valence-corrected chi connectivity index (χ3v) is 7.21. The third-order valence-electron chi connectivity index (χ3n) is 5.96. The number of rotatable bonds is 6. The van der Waals surface area contributed by atoms with Crippen LogP contribution in [0.1, 0.15) is 32.1 Å². The van der Waals surface area contributed by atoms with Crippen molar-refractivity contribution in [2.24, 2.45) is 5.92 Å². The van der Waals surface area contributed by atoms with Gasteiger partial charge in [0.15, 0.2) is 5.82 Å². The van der Waals surface area contributed by atoms with Crippen LogP contribution in [0, 0.1) is 5.92 Å². The molecule has 2 aliphatic heterocycles. The third kappa shape index (κ3) is 5.92. The van der Waals surface area contributed by atoms with E-state index in [0.29, 0.717) is 21.6 Å². The summed E-state index contributed by atoms with van der Waals surface area (Å²) >= 11 is 7.40. The van der Waals surface area contributed by atoms with Gasteiger partial charge in [-0.05, 0) is 56.4 Å². The van der Waals surface area contributed by atoms with Crippen molar-refractivity contribution in [1.82, 2.24) is 15.1 Å². The van der Waals surface area contributed by atoms with E-state index in [4.69, 9.17) is 11.6 Å². The first kappa shape index (κ1) is 22.9. The van der Waals surface area contributed by atoms with Gasteiger partial charge in [0.25, 0.3) is 0 Å². The Hall–Kier alpha value is -2.32. The highest BCUT2D eigenvalue weighted by atomic mass is 35.5. The number of thioether (sulfide) groups is 1. The molecule has 2 fully saturated rings. The molecule has 32 heavy (non-hydrogen) atoms. The van der Waals surface area contributed by atoms with Gasteiger partial charge in [-0.2, -0.15) is 0 Å². The molecule has 4 rings (SSSR count). The number of carbonyl (C=O) groups excluding carboxylic acids is 2. The summed E-state index contributed by atoms with van der Waals surface area (Å²) in [5.74, 6) is 1.36. The van der Waals surface area contributed by atoms with E-state index >= 15 is 0 Å². The maximum absolute atomic E-state index is 12.7. The zero-order chi connectivity index (χ0) is 22.3. The summed E-state index contributed by atoms with van der Waals surface area (Å²) in [5.41, 5.74) is 0.600. The Kier molecular flexibility index (Phi) is 7.86. The molecule has 7 nitrogen and oxygen atoms in total. The monoisotopic (exact) mass is 473 g/mol. The number of amides is 2. The largest absolute Gasteiger partial charge is 0.355 e. The molecule has 0 bridgehead atoms. The Balaban J connectivity index is 1.23. The molecule has 0 spiro atoms. The fourth-order valence-corrected chi connectivity index (χ4v) is 4.97. The average molecular weight is 474 g/mol. The molecule has 0 aliphatic carbocycles. The molecule has 0 unspecified atom stereocenters. The SMILES string of the molecule is O=C(CSc1ccc(N2CCC(C(=O)N3CCCCC3)CC2)nn1)Nc1ccccc1Cl. The van der Waals surface area contributed by atoms with Gasteiger partial charge < -0.3 is 15.1 Å². The molecule has 2 saturated heterocycles. The van der Waals surface area contributed by atoms with Gasteiger partial charge in [-0.25, -0.2) is 0 Å². The summed E-state index contributed by atoms with van der Waals surface area (Å²) < 4.78 is 0. The minimum absolute atomic E-state index is 0.128. The van der Waals surface area contributed by atoms with Crippen LogP contribution in [-0.4, -0.2) is 58.8 Å². The second kappa shape index (κ2) is 11.0. The van der Waals surface area contributed by atoms with E-state index in [2.05, 4.69) is 25.3 Å². The number of anilines is 2. The second-order valence-corrected chi connectivity index (χ2v) is 9.60. The molecule has 2 aliphatic rings. The normalized spacial score (nSPS) is 17.3. The van der Waals surface area contributed by atoms with E-state index in [1.54, 1.807) is 12.1 Å². The first-order valence-corrected chi connectivity index (χ1v) is 12.5. The van der Waals surface area contributed by atoms with Crippen molar-refractivity contribution in [3.63, 3.8) is 0 Å². The molecule has 1 aromatic heterocycles. The lowest BCUT2D eigenvalue weighted by atomic mass is 9.94. The summed E-state index contributed by atoms with van der Waals surface area (Å²) in [6.45, 7) is 3.46. The van der Waals surface area contributed by atoms with E-state index in [1.165, 1.54) is 18.2 Å². The first-order valence-electron chi connectivity index (χ1n) is 11.1. The lowest BCUT2D eigenvalue weighted by Crippen LogP contribution is -2.44. The van der Waals surface area contributed by atoms with Crippen molar-refractivity contribution in [3.8, 4) is 0 Å². The maximum Gasteiger partial charge on any atom is 0.234 e. The highest BCUT2D eigenvalue weighted by molar-refractivity contribution is 7.99. The summed E-state index contributed by atoms with van der Waals surface area (Å²) in [6, 6.07) is 11.0. The zero-order valence-corrected chi connectivity index (χ0v) is 19.6. The van der Waals surface area contributed by atoms with E-state index in [-0.39, 0.29) is 17.6 Å². The van der Waals surface area contributed by atoms with Crippen LogP contribution in [-0.2, 0) is 9.59 Å². The fraction of sp³-hybridized carbons (Fsp3) is 0.478. The van der Waals surface area contributed by atoms with Crippen molar-refractivity contribution in [2.45, 2.75) is 37.1 Å². The quantitative estimate of drug-likeness (QED) is 0.636. The van der Waals surface area contributed by atoms with Gasteiger partial charge in [0.1, 0.15) is 5.03 Å². The Labute approximate surface area is 197 Å². The van der Waals surface area contributed by atoms with Gasteiger partial charge in [-0.15, -0.1) is 10.2 Å². The Bertz CT molecular complexity index is 928. The lowest BCUT2D eigenvalue weighted by Gasteiger charge is -2.35. The Morgan fingerprint density at radius 1 is 1.00 bits per heavy atom. The van der Waals surface area contributed by atoms with Crippen LogP contribution in [0.3, 0.4) is 0 Å². The van der Waals surface area contributed by atoms with Crippen molar-refractivity contribution in [3.05, 3.63) is 41.4 Å². The van der Waals surface area contributed by atoms with Crippen LogP contribution in [0.15, 0.2) is 41.4 Å². The van der Waals surface area contributed by atoms with Crippen molar-refractivity contribution in [2.75, 3.05) is 42.1 Å². The predicted octanol–water partition coefficient (Wildman–Crippen LogP) is 4.09. The number of hydrogen-bond acceptors (Lipinski definition) is 6. The number of carbonyl (C=O) groups is 2. The number of benzene rings is 1. The summed E-state index contributed by atoms with van der Waals surface area (Å²) in [4.78, 5) is 29.2. The standard InChI is InChI=1S/C23H28ClN5O2S/c24-18-6-2-3-7-19(18)25-21(30)16-32-22-9-8-20(26-27-22)28-14-10-17(11-15-28)23(31)29-12-4-1-5-13-29/h2-3,6-9,17H,1,4-5,10-16H2,(H,25,30). The Morgan fingerprint density at radius 2 is 1.75 bits per heavy atom. The van der Waals surface area contributed by atoms with Crippen molar-refractivity contribution in [1.29, 1.82) is 0 Å². The molecule has 3 heterocycles. The highest BCUT2D eigenvalue weighted by Crippen LogP contribution is 2.26. The molecule has 0 saturated carbocycles. The molecule has 0 atom stereocenters. The van der Waals surface area contributed by atoms with E-state index in [0.717, 1.165) is 57.7 Å². The number of para-hydroxylation sites is 1. The maximum atomic E-state index is 12.7. The van der Waals surface area contributed by atoms with Crippen molar-refractivity contribution >= 4 is 46.7 Å². The molecular formula is C23H28ClN5O2S. The smallest absolute Gasteiger partial charge is 0.234 e. The van der Waals surface area contributed by atoms with Gasteiger partial charge in [-0.3, -0.25) is 9.59 Å². The summed E-state index contributed by atoms with van der Waals surface area (Å²) in [7, 11) is 0. The molecular weight excluding hydrogens is 446 g/mol. The van der Waals surface area contributed by atoms with E-state index in [1.807, 2.05) is 24.3 Å². The zero-order valence-electron chi connectivity index (χ0n) is 18.0. The number of nitrogens with one attached hydrogen (secondary N) is 1. The van der Waals surface area contributed by atoms with Gasteiger partial charge in [0, 0.05) is 32.1 Å². The number of nitrogens with zero attached hydrogens (tertiary/aromatic N) is 4. The minimum atomic E-state index is -0.144. The molecule has 9 heteroatoms. The predicted molar refractivity (Wildman–Crippen MR) is 128 cm³/mol. The van der Waals surface area contributed by atoms with Crippen LogP contribution in [0.2, 0.25) is 5.02 Å². The number of halogens is 1. The molecule has 2 aromatic rings. The van der Waals surface area contributed by atoms with Crippen LogP contribution in [0.5, 0.6) is 0 Å². The Morgan fingerprint density at radius 3 is 2.44 bits per heavy atom. The van der Waals surface area contributed by atoms with Crippen LogP contribution < -0.4 is 10.2 Å². The van der Waals surface area contributed by atoms with E-state index in [9.17, 15) is 9.59 Å². The van der Waals surface area contributed by atoms with E-state index < -0.39 is 0 Å². The number of hydrogen-bond donors (Lipinski definition) is 1. The summed E-state index contributed by atoms with van der Waals surface area (Å²) in [6.07, 6.45) is 5.21. The van der Waals surface area contributed by atoms with Crippen molar-refractivity contribution < 1.29 is 9.59 Å². The summed E-state index contributed by atoms with van der Waals surface area (Å²) in [5, 5.41) is 12.6. The highest BCUT2D eigenvalue weighted by Gasteiger charge is 2.29. The van der Waals surface area contributed by atoms with Gasteiger partial charge in [0.05, 0.1) is 16.5 Å². The van der Waals surface area contributed by atoms with Crippen LogP contribution >= 0.6 is 23.4 Å². The van der Waals surface area contributed by atoms with Crippen LogP contribution in [0.25, 0.3) is 0 Å².